The summed E-state index contributed by atoms with van der Waals surface area (Å²) in [7, 11) is -3.86. The molecule has 0 fully saturated rings. The van der Waals surface area contributed by atoms with Crippen molar-refractivity contribution >= 4 is 43.5 Å². The van der Waals surface area contributed by atoms with Gasteiger partial charge in [0.25, 0.3) is 5.91 Å². The van der Waals surface area contributed by atoms with E-state index in [1.807, 2.05) is 5.32 Å². The molecule has 0 radical (unpaired) electrons. The summed E-state index contributed by atoms with van der Waals surface area (Å²) < 4.78 is 59.0. The highest BCUT2D eigenvalue weighted by molar-refractivity contribution is 9.10. The van der Waals surface area contributed by atoms with Crippen LogP contribution in [0.5, 0.6) is 0 Å². The minimum absolute atomic E-state index is 0.137. The Morgan fingerprint density at radius 3 is 2.34 bits per heavy atom. The van der Waals surface area contributed by atoms with Crippen LogP contribution in [0.4, 0.5) is 14.5 Å². The molecule has 0 atom stereocenters. The maximum Gasteiger partial charge on any atom is 0.339 e. The highest BCUT2D eigenvalue weighted by Gasteiger charge is 2.21. The largest absolute Gasteiger partial charge is 0.452 e. The van der Waals surface area contributed by atoms with Crippen LogP contribution in [0.25, 0.3) is 0 Å². The maximum absolute atomic E-state index is 13.5. The average Bonchev–Trinajstić information content (AvgIpc) is 2.62. The second-order valence-corrected chi connectivity index (χ2v) is 8.71. The summed E-state index contributed by atoms with van der Waals surface area (Å²) in [6.07, 6.45) is 0. The van der Waals surface area contributed by atoms with Crippen LogP contribution >= 0.6 is 15.9 Å². The van der Waals surface area contributed by atoms with E-state index in [0.29, 0.717) is 0 Å². The van der Waals surface area contributed by atoms with E-state index in [1.165, 1.54) is 12.1 Å². The fourth-order valence-electron chi connectivity index (χ4n) is 2.21. The fourth-order valence-corrected chi connectivity index (χ4v) is 3.89. The molecule has 0 unspecified atom stereocenters. The molecule has 0 saturated carbocycles. The van der Waals surface area contributed by atoms with Gasteiger partial charge < -0.3 is 10.1 Å². The van der Waals surface area contributed by atoms with E-state index in [4.69, 9.17) is 4.74 Å². The number of amides is 1. The van der Waals surface area contributed by atoms with Crippen LogP contribution in [-0.2, 0) is 19.6 Å². The van der Waals surface area contributed by atoms with Crippen molar-refractivity contribution in [1.29, 1.82) is 0 Å². The van der Waals surface area contributed by atoms with E-state index in [9.17, 15) is 26.8 Å². The number of hydrogen-bond acceptors (Lipinski definition) is 5. The number of carbonyl (C=O) groups is 2. The monoisotopic (exact) mass is 490 g/mol. The normalized spacial score (nSPS) is 11.4. The minimum atomic E-state index is -3.86. The molecule has 2 rings (SSSR count). The molecule has 156 valence electrons. The van der Waals surface area contributed by atoms with Crippen LogP contribution in [0.3, 0.4) is 0 Å². The number of carbonyl (C=O) groups excluding carboxylic acids is 2. The Bertz CT molecular complexity index is 1020. The molecule has 2 aromatic rings. The van der Waals surface area contributed by atoms with Gasteiger partial charge in [-0.3, -0.25) is 4.79 Å². The number of halogens is 3. The molecule has 0 bridgehead atoms. The van der Waals surface area contributed by atoms with Crippen LogP contribution in [0.15, 0.2) is 45.8 Å². The summed E-state index contributed by atoms with van der Waals surface area (Å²) >= 11 is 3.11. The van der Waals surface area contributed by atoms with Crippen molar-refractivity contribution in [3.8, 4) is 0 Å². The van der Waals surface area contributed by atoms with Crippen LogP contribution in [0, 0.1) is 11.6 Å². The van der Waals surface area contributed by atoms with Crippen molar-refractivity contribution in [2.45, 2.75) is 24.8 Å². The van der Waals surface area contributed by atoms with E-state index >= 15 is 0 Å². The van der Waals surface area contributed by atoms with Gasteiger partial charge in [0.1, 0.15) is 17.3 Å². The quantitative estimate of drug-likeness (QED) is 0.580. The Balaban J connectivity index is 2.11. The highest BCUT2D eigenvalue weighted by atomic mass is 79.9. The number of hydrogen-bond donors (Lipinski definition) is 2. The van der Waals surface area contributed by atoms with Gasteiger partial charge in [0.05, 0.1) is 10.5 Å². The number of benzene rings is 2. The van der Waals surface area contributed by atoms with Gasteiger partial charge in [-0.15, -0.1) is 0 Å². The predicted molar refractivity (Wildman–Crippen MR) is 105 cm³/mol. The minimum Gasteiger partial charge on any atom is -0.452 e. The molecule has 11 heteroatoms. The SMILES string of the molecule is CC(C)NS(=O)(=O)c1ccc(Br)c(C(=O)OCC(=O)Nc2c(F)cccc2F)c1. The number of ether oxygens (including phenoxy) is 1. The predicted octanol–water partition coefficient (Wildman–Crippen LogP) is 3.21. The molecule has 0 spiro atoms. The first-order valence-corrected chi connectivity index (χ1v) is 10.5. The molecule has 0 aliphatic heterocycles. The van der Waals surface area contributed by atoms with Crippen molar-refractivity contribution in [3.05, 3.63) is 58.1 Å². The smallest absolute Gasteiger partial charge is 0.339 e. The van der Waals surface area contributed by atoms with Crippen molar-refractivity contribution < 1.29 is 31.5 Å². The summed E-state index contributed by atoms with van der Waals surface area (Å²) in [5, 5.41) is 1.97. The third-order valence-corrected chi connectivity index (χ3v) is 5.77. The lowest BCUT2D eigenvalue weighted by Gasteiger charge is -2.12. The van der Waals surface area contributed by atoms with E-state index < -0.39 is 45.8 Å². The van der Waals surface area contributed by atoms with Crippen molar-refractivity contribution in [3.63, 3.8) is 0 Å². The molecule has 1 amide bonds. The lowest BCUT2D eigenvalue weighted by molar-refractivity contribution is -0.119. The Morgan fingerprint density at radius 1 is 1.14 bits per heavy atom. The number of nitrogens with one attached hydrogen (secondary N) is 2. The van der Waals surface area contributed by atoms with Crippen molar-refractivity contribution in [2.24, 2.45) is 0 Å². The van der Waals surface area contributed by atoms with E-state index in [-0.39, 0.29) is 21.0 Å². The third kappa shape index (κ3) is 6.05. The molecule has 0 saturated heterocycles. The zero-order valence-electron chi connectivity index (χ0n) is 15.3. The van der Waals surface area contributed by atoms with Crippen LogP contribution in [0.1, 0.15) is 24.2 Å². The van der Waals surface area contributed by atoms with Crippen molar-refractivity contribution in [1.82, 2.24) is 4.72 Å². The van der Waals surface area contributed by atoms with E-state index in [2.05, 4.69) is 20.7 Å². The van der Waals surface area contributed by atoms with Gasteiger partial charge in [0.2, 0.25) is 10.0 Å². The Hall–Kier alpha value is -2.37. The van der Waals surface area contributed by atoms with Gasteiger partial charge in [-0.25, -0.2) is 26.7 Å². The summed E-state index contributed by atoms with van der Waals surface area (Å²) in [4.78, 5) is 23.9. The number of sulfonamides is 1. The fraction of sp³-hybridized carbons (Fsp3) is 0.222. The number of para-hydroxylation sites is 1. The summed E-state index contributed by atoms with van der Waals surface area (Å²) in [6, 6.07) is 6.41. The first kappa shape index (κ1) is 22.9. The first-order chi connectivity index (χ1) is 13.5. The van der Waals surface area contributed by atoms with Gasteiger partial charge >= 0.3 is 5.97 Å². The topological polar surface area (TPSA) is 102 Å². The lowest BCUT2D eigenvalue weighted by Crippen LogP contribution is -2.30. The highest BCUT2D eigenvalue weighted by Crippen LogP contribution is 2.22. The molecule has 2 aromatic carbocycles. The summed E-state index contributed by atoms with van der Waals surface area (Å²) in [6.45, 7) is 2.45. The zero-order chi connectivity index (χ0) is 21.8. The number of rotatable bonds is 7. The van der Waals surface area contributed by atoms with E-state index in [1.54, 1.807) is 13.8 Å². The lowest BCUT2D eigenvalue weighted by atomic mass is 10.2. The van der Waals surface area contributed by atoms with Crippen molar-refractivity contribution in [2.75, 3.05) is 11.9 Å². The molecule has 0 heterocycles. The number of esters is 1. The second-order valence-electron chi connectivity index (χ2n) is 6.14. The second kappa shape index (κ2) is 9.42. The van der Waals surface area contributed by atoms with Gasteiger partial charge in [-0.2, -0.15) is 0 Å². The summed E-state index contributed by atoms with van der Waals surface area (Å²) in [5.41, 5.74) is -0.802. The Morgan fingerprint density at radius 2 is 1.76 bits per heavy atom. The molecule has 7 nitrogen and oxygen atoms in total. The first-order valence-electron chi connectivity index (χ1n) is 8.24. The standard InChI is InChI=1S/C18H17BrF2N2O5S/c1-10(2)23-29(26,27)11-6-7-13(19)12(8-11)18(25)28-9-16(24)22-17-14(20)4-3-5-15(17)21/h3-8,10,23H,9H2,1-2H3,(H,22,24). The van der Waals surface area contributed by atoms with E-state index in [0.717, 1.165) is 24.3 Å². The zero-order valence-corrected chi connectivity index (χ0v) is 17.7. The molecule has 0 aromatic heterocycles. The molecule has 29 heavy (non-hydrogen) atoms. The van der Waals surface area contributed by atoms with Gasteiger partial charge in [0, 0.05) is 10.5 Å². The summed E-state index contributed by atoms with van der Waals surface area (Å²) in [5.74, 6) is -3.93. The Labute approximate surface area is 174 Å². The molecule has 0 aliphatic carbocycles. The third-order valence-electron chi connectivity index (χ3n) is 3.42. The van der Waals surface area contributed by atoms with Crippen LogP contribution in [0.2, 0.25) is 0 Å². The molecule has 2 N–H and O–H groups in total. The van der Waals surface area contributed by atoms with Gasteiger partial charge in [-0.1, -0.05) is 6.07 Å². The average molecular weight is 491 g/mol. The molecule has 0 aliphatic rings. The van der Waals surface area contributed by atoms with Crippen LogP contribution < -0.4 is 10.0 Å². The molecular weight excluding hydrogens is 474 g/mol. The number of anilines is 1. The van der Waals surface area contributed by atoms with Crippen LogP contribution in [-0.4, -0.2) is 32.9 Å². The van der Waals surface area contributed by atoms with Gasteiger partial charge in [-0.05, 0) is 60.1 Å². The van der Waals surface area contributed by atoms with Gasteiger partial charge in [0.15, 0.2) is 6.61 Å². The Kier molecular flexibility index (Phi) is 7.44. The maximum atomic E-state index is 13.5. The molecular formula is C18H17BrF2N2O5S.